The SMILES string of the molecule is CC1NC(=O)N([C@@H](C)CO)C1=O. The summed E-state index contributed by atoms with van der Waals surface area (Å²) < 4.78 is 0. The number of amides is 3. The first-order valence-corrected chi connectivity index (χ1v) is 3.82. The normalized spacial score (nSPS) is 25.9. The molecule has 0 aliphatic carbocycles. The lowest BCUT2D eigenvalue weighted by atomic mass is 10.3. The summed E-state index contributed by atoms with van der Waals surface area (Å²) in [6.45, 7) is 3.03. The van der Waals surface area contributed by atoms with E-state index < -0.39 is 18.1 Å². The number of carbonyl (C=O) groups is 2. The van der Waals surface area contributed by atoms with Crippen molar-refractivity contribution < 1.29 is 14.7 Å². The Hall–Kier alpha value is -1.10. The third-order valence-corrected chi connectivity index (χ3v) is 1.87. The van der Waals surface area contributed by atoms with Crippen LogP contribution >= 0.6 is 0 Å². The summed E-state index contributed by atoms with van der Waals surface area (Å²) in [6.07, 6.45) is 0. The molecular formula is C7H12N2O3. The molecular weight excluding hydrogens is 160 g/mol. The van der Waals surface area contributed by atoms with Gasteiger partial charge in [-0.15, -0.1) is 0 Å². The van der Waals surface area contributed by atoms with Crippen LogP contribution in [0.15, 0.2) is 0 Å². The Morgan fingerprint density at radius 2 is 2.25 bits per heavy atom. The van der Waals surface area contributed by atoms with E-state index in [4.69, 9.17) is 5.11 Å². The largest absolute Gasteiger partial charge is 0.394 e. The Kier molecular flexibility index (Phi) is 2.32. The van der Waals surface area contributed by atoms with Crippen molar-refractivity contribution in [3.63, 3.8) is 0 Å². The Balaban J connectivity index is 2.76. The molecule has 0 bridgehead atoms. The molecule has 1 fully saturated rings. The minimum atomic E-state index is -0.466. The molecule has 1 unspecified atom stereocenters. The van der Waals surface area contributed by atoms with Crippen LogP contribution in [0.1, 0.15) is 13.8 Å². The van der Waals surface area contributed by atoms with E-state index in [1.807, 2.05) is 0 Å². The highest BCUT2D eigenvalue weighted by atomic mass is 16.3. The van der Waals surface area contributed by atoms with E-state index in [-0.39, 0.29) is 12.5 Å². The van der Waals surface area contributed by atoms with Gasteiger partial charge < -0.3 is 10.4 Å². The van der Waals surface area contributed by atoms with E-state index in [9.17, 15) is 9.59 Å². The highest BCUT2D eigenvalue weighted by molar-refractivity contribution is 6.04. The molecule has 5 nitrogen and oxygen atoms in total. The van der Waals surface area contributed by atoms with Crippen LogP contribution in [0.2, 0.25) is 0 Å². The van der Waals surface area contributed by atoms with Gasteiger partial charge in [-0.1, -0.05) is 0 Å². The fourth-order valence-corrected chi connectivity index (χ4v) is 1.12. The second-order valence-electron chi connectivity index (χ2n) is 2.91. The summed E-state index contributed by atoms with van der Waals surface area (Å²) in [7, 11) is 0. The second kappa shape index (κ2) is 3.10. The molecule has 68 valence electrons. The molecule has 2 N–H and O–H groups in total. The number of nitrogens with one attached hydrogen (secondary N) is 1. The average Bonchev–Trinajstić information content (AvgIpc) is 2.26. The zero-order valence-electron chi connectivity index (χ0n) is 7.07. The first kappa shape index (κ1) is 8.99. The number of hydrogen-bond acceptors (Lipinski definition) is 3. The maximum absolute atomic E-state index is 11.2. The van der Waals surface area contributed by atoms with Gasteiger partial charge in [0.15, 0.2) is 0 Å². The van der Waals surface area contributed by atoms with Crippen LogP contribution in [-0.2, 0) is 4.79 Å². The minimum absolute atomic E-state index is 0.203. The van der Waals surface area contributed by atoms with Gasteiger partial charge in [0.2, 0.25) is 0 Å². The molecule has 1 aliphatic heterocycles. The summed E-state index contributed by atoms with van der Waals surface area (Å²) >= 11 is 0. The van der Waals surface area contributed by atoms with E-state index in [1.54, 1.807) is 13.8 Å². The summed E-state index contributed by atoms with van der Waals surface area (Å²) in [4.78, 5) is 23.4. The lowest BCUT2D eigenvalue weighted by molar-refractivity contribution is -0.129. The maximum Gasteiger partial charge on any atom is 0.325 e. The van der Waals surface area contributed by atoms with Crippen molar-refractivity contribution in [1.82, 2.24) is 10.2 Å². The van der Waals surface area contributed by atoms with Gasteiger partial charge in [0.1, 0.15) is 6.04 Å². The number of rotatable bonds is 2. The van der Waals surface area contributed by atoms with E-state index in [0.29, 0.717) is 0 Å². The van der Waals surface area contributed by atoms with Crippen molar-refractivity contribution in [2.45, 2.75) is 25.9 Å². The summed E-state index contributed by atoms with van der Waals surface area (Å²) in [5, 5.41) is 11.2. The van der Waals surface area contributed by atoms with Crippen LogP contribution in [0.5, 0.6) is 0 Å². The van der Waals surface area contributed by atoms with Gasteiger partial charge in [0.05, 0.1) is 12.6 Å². The van der Waals surface area contributed by atoms with Crippen molar-refractivity contribution in [3.05, 3.63) is 0 Å². The van der Waals surface area contributed by atoms with Crippen molar-refractivity contribution in [3.8, 4) is 0 Å². The Morgan fingerprint density at radius 1 is 1.67 bits per heavy atom. The molecule has 5 heteroatoms. The Labute approximate surface area is 70.4 Å². The Bertz CT molecular complexity index is 217. The lowest BCUT2D eigenvalue weighted by Crippen LogP contribution is -2.41. The van der Waals surface area contributed by atoms with Crippen LogP contribution in [0.25, 0.3) is 0 Å². The van der Waals surface area contributed by atoms with Gasteiger partial charge >= 0.3 is 6.03 Å². The van der Waals surface area contributed by atoms with E-state index >= 15 is 0 Å². The first-order chi connectivity index (χ1) is 5.57. The van der Waals surface area contributed by atoms with Crippen LogP contribution < -0.4 is 5.32 Å². The summed E-state index contributed by atoms with van der Waals surface area (Å²) in [5.41, 5.74) is 0. The molecule has 1 rings (SSSR count). The molecule has 1 aliphatic rings. The van der Waals surface area contributed by atoms with Gasteiger partial charge in [-0.05, 0) is 13.8 Å². The van der Waals surface area contributed by atoms with Gasteiger partial charge in [0.25, 0.3) is 5.91 Å². The predicted molar refractivity (Wildman–Crippen MR) is 41.4 cm³/mol. The summed E-state index contributed by atoms with van der Waals surface area (Å²) in [5.74, 6) is -0.276. The van der Waals surface area contributed by atoms with Crippen molar-refractivity contribution >= 4 is 11.9 Å². The molecule has 0 aromatic heterocycles. The first-order valence-electron chi connectivity index (χ1n) is 3.82. The molecule has 3 amide bonds. The van der Waals surface area contributed by atoms with Gasteiger partial charge in [0, 0.05) is 0 Å². The number of aliphatic hydroxyl groups is 1. The Morgan fingerprint density at radius 3 is 2.58 bits per heavy atom. The van der Waals surface area contributed by atoms with E-state index in [2.05, 4.69) is 5.32 Å². The zero-order valence-corrected chi connectivity index (χ0v) is 7.07. The molecule has 12 heavy (non-hydrogen) atoms. The fraction of sp³-hybridized carbons (Fsp3) is 0.714. The van der Waals surface area contributed by atoms with E-state index in [1.165, 1.54) is 0 Å². The molecule has 0 radical (unpaired) electrons. The van der Waals surface area contributed by atoms with Crippen LogP contribution in [0.3, 0.4) is 0 Å². The standard InChI is InChI=1S/C7H12N2O3/c1-4(3-10)9-6(11)5(2)8-7(9)12/h4-5,10H,3H2,1-2H3,(H,8,12)/t4-,5?/m0/s1. The number of nitrogens with zero attached hydrogens (tertiary/aromatic N) is 1. The third-order valence-electron chi connectivity index (χ3n) is 1.87. The molecule has 0 aromatic rings. The third kappa shape index (κ3) is 1.27. The zero-order chi connectivity index (χ0) is 9.30. The number of carbonyl (C=O) groups excluding carboxylic acids is 2. The van der Waals surface area contributed by atoms with E-state index in [0.717, 1.165) is 4.90 Å². The molecule has 1 saturated heterocycles. The number of urea groups is 1. The predicted octanol–water partition coefficient (Wildman–Crippen LogP) is -0.693. The average molecular weight is 172 g/mol. The smallest absolute Gasteiger partial charge is 0.325 e. The maximum atomic E-state index is 11.2. The number of aliphatic hydroxyl groups excluding tert-OH is 1. The highest BCUT2D eigenvalue weighted by Crippen LogP contribution is 2.09. The molecule has 0 aromatic carbocycles. The molecule has 1 heterocycles. The topological polar surface area (TPSA) is 69.6 Å². The van der Waals surface area contributed by atoms with Gasteiger partial charge in [-0.25, -0.2) is 4.79 Å². The van der Waals surface area contributed by atoms with Crippen LogP contribution in [0.4, 0.5) is 4.79 Å². The molecule has 2 atom stereocenters. The lowest BCUT2D eigenvalue weighted by Gasteiger charge is -2.18. The fourth-order valence-electron chi connectivity index (χ4n) is 1.12. The monoisotopic (exact) mass is 172 g/mol. The van der Waals surface area contributed by atoms with Gasteiger partial charge in [-0.3, -0.25) is 9.69 Å². The van der Waals surface area contributed by atoms with Crippen LogP contribution in [0, 0.1) is 0 Å². The number of hydrogen-bond donors (Lipinski definition) is 2. The van der Waals surface area contributed by atoms with Gasteiger partial charge in [-0.2, -0.15) is 0 Å². The summed E-state index contributed by atoms with van der Waals surface area (Å²) in [6, 6.07) is -1.33. The van der Waals surface area contributed by atoms with Crippen LogP contribution in [-0.4, -0.2) is 40.6 Å². The quantitative estimate of drug-likeness (QED) is 0.541. The van der Waals surface area contributed by atoms with Crippen molar-refractivity contribution in [2.24, 2.45) is 0 Å². The second-order valence-corrected chi connectivity index (χ2v) is 2.91. The van der Waals surface area contributed by atoms with Crippen molar-refractivity contribution in [2.75, 3.05) is 6.61 Å². The number of imide groups is 1. The molecule has 0 spiro atoms. The highest BCUT2D eigenvalue weighted by Gasteiger charge is 2.37. The minimum Gasteiger partial charge on any atom is -0.394 e. The van der Waals surface area contributed by atoms with Crippen molar-refractivity contribution in [1.29, 1.82) is 0 Å². The molecule has 0 saturated carbocycles.